The first kappa shape index (κ1) is 16.6. The number of carbonyl (C=O) groups is 2. The van der Waals surface area contributed by atoms with E-state index in [1.807, 2.05) is 13.8 Å². The van der Waals surface area contributed by atoms with E-state index >= 15 is 0 Å². The molecule has 0 aromatic carbocycles. The summed E-state index contributed by atoms with van der Waals surface area (Å²) in [6, 6.07) is 0.0194. The van der Waals surface area contributed by atoms with Crippen LogP contribution < -0.4 is 0 Å². The zero-order chi connectivity index (χ0) is 14.0. The number of carboxylic acid groups (broad SMARTS) is 1. The molecular weight excluding hydrogens is 234 g/mol. The van der Waals surface area contributed by atoms with Crippen molar-refractivity contribution in [3.8, 4) is 0 Å². The lowest BCUT2D eigenvalue weighted by atomic mass is 10.2. The number of carbonyl (C=O) groups excluding carboxylic acids is 1. The Hall–Kier alpha value is -1.36. The van der Waals surface area contributed by atoms with E-state index in [1.165, 1.54) is 0 Å². The molecule has 18 heavy (non-hydrogen) atoms. The van der Waals surface area contributed by atoms with Gasteiger partial charge in [0.1, 0.15) is 0 Å². The maximum Gasteiger partial charge on any atom is 0.305 e. The van der Waals surface area contributed by atoms with Crippen LogP contribution in [0.5, 0.6) is 0 Å². The number of rotatable bonds is 10. The number of ether oxygens (including phenoxy) is 1. The number of nitrogens with zero attached hydrogens (tertiary/aromatic N) is 1. The maximum absolute atomic E-state index is 11.9. The van der Waals surface area contributed by atoms with E-state index in [-0.39, 0.29) is 24.9 Å². The van der Waals surface area contributed by atoms with Gasteiger partial charge in [0.25, 0.3) is 0 Å². The first-order chi connectivity index (χ1) is 8.49. The minimum atomic E-state index is -0.886. The van der Waals surface area contributed by atoms with Gasteiger partial charge in [0.15, 0.2) is 0 Å². The molecule has 0 radical (unpaired) electrons. The van der Waals surface area contributed by atoms with E-state index in [0.29, 0.717) is 26.1 Å². The van der Waals surface area contributed by atoms with Gasteiger partial charge in [-0.25, -0.2) is 0 Å². The molecule has 0 bridgehead atoms. The van der Waals surface area contributed by atoms with E-state index in [9.17, 15) is 9.59 Å². The van der Waals surface area contributed by atoms with Gasteiger partial charge in [-0.15, -0.1) is 6.58 Å². The summed E-state index contributed by atoms with van der Waals surface area (Å²) in [7, 11) is 0. The minimum Gasteiger partial charge on any atom is -0.481 e. The summed E-state index contributed by atoms with van der Waals surface area (Å²) in [5.74, 6) is -0.906. The highest BCUT2D eigenvalue weighted by molar-refractivity contribution is 5.77. The molecule has 0 saturated heterocycles. The largest absolute Gasteiger partial charge is 0.481 e. The summed E-state index contributed by atoms with van der Waals surface area (Å²) in [6.45, 7) is 8.56. The van der Waals surface area contributed by atoms with Gasteiger partial charge in [-0.3, -0.25) is 9.59 Å². The summed E-state index contributed by atoms with van der Waals surface area (Å²) >= 11 is 0. The fourth-order valence-electron chi connectivity index (χ4n) is 1.52. The van der Waals surface area contributed by atoms with Gasteiger partial charge in [-0.05, 0) is 20.3 Å². The summed E-state index contributed by atoms with van der Waals surface area (Å²) in [6.07, 6.45) is 2.67. The first-order valence-corrected chi connectivity index (χ1v) is 6.19. The molecule has 0 saturated carbocycles. The molecule has 1 N–H and O–H groups in total. The zero-order valence-corrected chi connectivity index (χ0v) is 11.2. The minimum absolute atomic E-state index is 0.0170. The second-order valence-corrected chi connectivity index (χ2v) is 4.29. The third-order valence-electron chi connectivity index (χ3n) is 2.43. The molecule has 0 spiro atoms. The topological polar surface area (TPSA) is 66.8 Å². The van der Waals surface area contributed by atoms with Crippen LogP contribution in [0.1, 0.15) is 33.1 Å². The molecule has 5 nitrogen and oxygen atoms in total. The van der Waals surface area contributed by atoms with Crippen LogP contribution in [0.2, 0.25) is 0 Å². The van der Waals surface area contributed by atoms with E-state index < -0.39 is 5.97 Å². The standard InChI is InChI=1S/C13H23NO4/c1-4-9-18-10-5-6-12(15)14(11(2)3)8-7-13(16)17/h4,11H,1,5-10H2,2-3H3,(H,16,17). The molecule has 0 unspecified atom stereocenters. The van der Waals surface area contributed by atoms with Crippen molar-refractivity contribution in [3.05, 3.63) is 12.7 Å². The third kappa shape index (κ3) is 7.84. The normalized spacial score (nSPS) is 10.4. The predicted molar refractivity (Wildman–Crippen MR) is 69.4 cm³/mol. The molecule has 0 atom stereocenters. The fraction of sp³-hybridized carbons (Fsp3) is 0.692. The van der Waals surface area contributed by atoms with Gasteiger partial charge in [-0.1, -0.05) is 6.08 Å². The molecule has 0 aliphatic heterocycles. The van der Waals surface area contributed by atoms with Crippen molar-refractivity contribution in [2.24, 2.45) is 0 Å². The average Bonchev–Trinajstić information content (AvgIpc) is 2.28. The van der Waals surface area contributed by atoms with Crippen LogP contribution in [-0.4, -0.2) is 47.7 Å². The lowest BCUT2D eigenvalue weighted by Gasteiger charge is -2.26. The van der Waals surface area contributed by atoms with Gasteiger partial charge in [0.2, 0.25) is 5.91 Å². The molecule has 0 aromatic heterocycles. The predicted octanol–water partition coefficient (Wildman–Crippen LogP) is 1.68. The highest BCUT2D eigenvalue weighted by Crippen LogP contribution is 2.05. The number of hydrogen-bond donors (Lipinski definition) is 1. The Balaban J connectivity index is 3.98. The van der Waals surface area contributed by atoms with Gasteiger partial charge in [0, 0.05) is 25.6 Å². The second kappa shape index (κ2) is 9.65. The van der Waals surface area contributed by atoms with Gasteiger partial charge < -0.3 is 14.7 Å². The smallest absolute Gasteiger partial charge is 0.305 e. The molecule has 0 heterocycles. The van der Waals surface area contributed by atoms with Crippen LogP contribution >= 0.6 is 0 Å². The third-order valence-corrected chi connectivity index (χ3v) is 2.43. The Kier molecular flexibility index (Phi) is 8.92. The first-order valence-electron chi connectivity index (χ1n) is 6.19. The SMILES string of the molecule is C=CCOCCCC(=O)N(CCC(=O)O)C(C)C. The number of amides is 1. The van der Waals surface area contributed by atoms with Gasteiger partial charge in [0.05, 0.1) is 13.0 Å². The van der Waals surface area contributed by atoms with Gasteiger partial charge >= 0.3 is 5.97 Å². The number of hydrogen-bond acceptors (Lipinski definition) is 3. The fourth-order valence-corrected chi connectivity index (χ4v) is 1.52. The van der Waals surface area contributed by atoms with Crippen LogP contribution in [0.25, 0.3) is 0 Å². The highest BCUT2D eigenvalue weighted by Gasteiger charge is 2.17. The molecule has 0 aliphatic carbocycles. The lowest BCUT2D eigenvalue weighted by molar-refractivity contribution is -0.139. The summed E-state index contributed by atoms with van der Waals surface area (Å²) in [4.78, 5) is 24.0. The van der Waals surface area contributed by atoms with E-state index in [4.69, 9.17) is 9.84 Å². The molecule has 0 fully saturated rings. The van der Waals surface area contributed by atoms with Crippen molar-refractivity contribution in [2.75, 3.05) is 19.8 Å². The van der Waals surface area contributed by atoms with Gasteiger partial charge in [-0.2, -0.15) is 0 Å². The summed E-state index contributed by atoms with van der Waals surface area (Å²) < 4.78 is 5.19. The molecule has 104 valence electrons. The summed E-state index contributed by atoms with van der Waals surface area (Å²) in [5, 5.41) is 8.63. The molecule has 0 aliphatic rings. The van der Waals surface area contributed by atoms with Crippen molar-refractivity contribution in [3.63, 3.8) is 0 Å². The molecule has 0 aromatic rings. The Labute approximate surface area is 108 Å². The Morgan fingerprint density at radius 2 is 2.06 bits per heavy atom. The lowest BCUT2D eigenvalue weighted by Crippen LogP contribution is -2.38. The van der Waals surface area contributed by atoms with Crippen LogP contribution in [0.15, 0.2) is 12.7 Å². The van der Waals surface area contributed by atoms with Crippen molar-refractivity contribution in [2.45, 2.75) is 39.2 Å². The number of carboxylic acids is 1. The highest BCUT2D eigenvalue weighted by atomic mass is 16.5. The molecule has 1 amide bonds. The maximum atomic E-state index is 11.9. The quantitative estimate of drug-likeness (QED) is 0.477. The van der Waals surface area contributed by atoms with Crippen LogP contribution in [0.3, 0.4) is 0 Å². The van der Waals surface area contributed by atoms with Crippen molar-refractivity contribution in [1.29, 1.82) is 0 Å². The average molecular weight is 257 g/mol. The monoisotopic (exact) mass is 257 g/mol. The van der Waals surface area contributed by atoms with E-state index in [0.717, 1.165) is 0 Å². The molecular formula is C13H23NO4. The molecule has 0 rings (SSSR count). The Morgan fingerprint density at radius 3 is 2.56 bits per heavy atom. The summed E-state index contributed by atoms with van der Waals surface area (Å²) in [5.41, 5.74) is 0. The van der Waals surface area contributed by atoms with Crippen molar-refractivity contribution >= 4 is 11.9 Å². The number of aliphatic carboxylic acids is 1. The second-order valence-electron chi connectivity index (χ2n) is 4.29. The Morgan fingerprint density at radius 1 is 1.39 bits per heavy atom. The Bertz CT molecular complexity index is 276. The van der Waals surface area contributed by atoms with Crippen LogP contribution in [0, 0.1) is 0 Å². The van der Waals surface area contributed by atoms with Crippen molar-refractivity contribution < 1.29 is 19.4 Å². The van der Waals surface area contributed by atoms with Crippen LogP contribution in [-0.2, 0) is 14.3 Å². The van der Waals surface area contributed by atoms with E-state index in [2.05, 4.69) is 6.58 Å². The van der Waals surface area contributed by atoms with E-state index in [1.54, 1.807) is 11.0 Å². The van der Waals surface area contributed by atoms with Crippen LogP contribution in [0.4, 0.5) is 0 Å². The van der Waals surface area contributed by atoms with Crippen molar-refractivity contribution in [1.82, 2.24) is 4.90 Å². The molecule has 5 heteroatoms. The zero-order valence-electron chi connectivity index (χ0n) is 11.2.